The second-order valence-electron chi connectivity index (χ2n) is 2.66. The molecule has 5 nitrogen and oxygen atoms in total. The molecule has 0 aromatic carbocycles. The normalized spacial score (nSPS) is 10.1. The van der Waals surface area contributed by atoms with Crippen molar-refractivity contribution in [1.82, 2.24) is 4.31 Å². The van der Waals surface area contributed by atoms with Crippen molar-refractivity contribution in [2.24, 2.45) is 0 Å². The number of amides is 1. The van der Waals surface area contributed by atoms with Crippen molar-refractivity contribution < 1.29 is 13.2 Å². The van der Waals surface area contributed by atoms with Crippen LogP contribution in [-0.4, -0.2) is 30.9 Å². The van der Waals surface area contributed by atoms with E-state index in [2.05, 4.69) is 5.92 Å². The Labute approximate surface area is 89.7 Å². The molecule has 0 aromatic rings. The van der Waals surface area contributed by atoms with E-state index in [1.807, 2.05) is 0 Å². The summed E-state index contributed by atoms with van der Waals surface area (Å²) in [6.45, 7) is 0.952. The Bertz CT molecular complexity index is 400. The molecule has 6 heteroatoms. The summed E-state index contributed by atoms with van der Waals surface area (Å²) >= 11 is 0. The molecule has 0 unspecified atom stereocenters. The lowest BCUT2D eigenvalue weighted by Crippen LogP contribution is -2.38. The van der Waals surface area contributed by atoms with Crippen LogP contribution in [-0.2, 0) is 14.8 Å². The second kappa shape index (κ2) is 6.05. The summed E-state index contributed by atoms with van der Waals surface area (Å²) in [7, 11) is -3.66. The number of carbonyl (C=O) groups is 1. The van der Waals surface area contributed by atoms with E-state index in [9.17, 15) is 13.2 Å². The van der Waals surface area contributed by atoms with Gasteiger partial charge in [-0.2, -0.15) is 5.26 Å². The van der Waals surface area contributed by atoms with Crippen molar-refractivity contribution in [3.8, 4) is 18.4 Å². The third kappa shape index (κ3) is 4.01. The van der Waals surface area contributed by atoms with Crippen LogP contribution in [0.5, 0.6) is 0 Å². The molecule has 0 saturated carbocycles. The molecule has 15 heavy (non-hydrogen) atoms. The van der Waals surface area contributed by atoms with Gasteiger partial charge in [-0.15, -0.1) is 12.3 Å². The minimum atomic E-state index is -3.66. The number of rotatable bonds is 5. The molecule has 82 valence electrons. The summed E-state index contributed by atoms with van der Waals surface area (Å²) in [4.78, 5) is 11.4. The molecule has 0 fully saturated rings. The van der Waals surface area contributed by atoms with Crippen LogP contribution in [0.15, 0.2) is 0 Å². The lowest BCUT2D eigenvalue weighted by molar-refractivity contribution is -0.126. The lowest BCUT2D eigenvalue weighted by atomic mass is 10.3. The van der Waals surface area contributed by atoms with Crippen LogP contribution >= 0.6 is 0 Å². The summed E-state index contributed by atoms with van der Waals surface area (Å²) in [6, 6.07) is 1.64. The molecule has 0 aliphatic rings. The largest absolute Gasteiger partial charge is 0.274 e. The fourth-order valence-corrected chi connectivity index (χ4v) is 1.83. The van der Waals surface area contributed by atoms with E-state index < -0.39 is 22.5 Å². The summed E-state index contributed by atoms with van der Waals surface area (Å²) in [6.07, 6.45) is 5.07. The maximum absolute atomic E-state index is 11.4. The summed E-state index contributed by atoms with van der Waals surface area (Å²) in [5.74, 6) is 1.40. The highest BCUT2D eigenvalue weighted by Gasteiger charge is 2.24. The molecule has 1 amide bonds. The SMILES string of the molecule is C#CCCC(=O)N(CC#N)S(=O)(=O)CC. The molecule has 0 aliphatic heterocycles. The first-order valence-corrected chi connectivity index (χ1v) is 5.94. The van der Waals surface area contributed by atoms with E-state index in [1.165, 1.54) is 6.92 Å². The van der Waals surface area contributed by atoms with Crippen molar-refractivity contribution in [3.63, 3.8) is 0 Å². The maximum atomic E-state index is 11.4. The van der Waals surface area contributed by atoms with Crippen molar-refractivity contribution in [3.05, 3.63) is 0 Å². The summed E-state index contributed by atoms with van der Waals surface area (Å²) in [5, 5.41) is 8.42. The van der Waals surface area contributed by atoms with Crippen LogP contribution in [0, 0.1) is 23.7 Å². The van der Waals surface area contributed by atoms with E-state index >= 15 is 0 Å². The van der Waals surface area contributed by atoms with Crippen molar-refractivity contribution >= 4 is 15.9 Å². The minimum absolute atomic E-state index is 0.0581. The van der Waals surface area contributed by atoms with Crippen LogP contribution in [0.1, 0.15) is 19.8 Å². The van der Waals surface area contributed by atoms with Gasteiger partial charge in [-0.3, -0.25) is 4.79 Å². The Morgan fingerprint density at radius 3 is 2.53 bits per heavy atom. The highest BCUT2D eigenvalue weighted by Crippen LogP contribution is 2.05. The highest BCUT2D eigenvalue weighted by molar-refractivity contribution is 7.89. The first-order valence-electron chi connectivity index (χ1n) is 4.33. The Kier molecular flexibility index (Phi) is 5.43. The maximum Gasteiger partial charge on any atom is 0.237 e. The quantitative estimate of drug-likeness (QED) is 0.494. The van der Waals surface area contributed by atoms with Crippen LogP contribution in [0.25, 0.3) is 0 Å². The van der Waals surface area contributed by atoms with Gasteiger partial charge in [0.25, 0.3) is 0 Å². The van der Waals surface area contributed by atoms with Gasteiger partial charge in [-0.1, -0.05) is 0 Å². The number of hydrogen-bond acceptors (Lipinski definition) is 4. The average Bonchev–Trinajstić information content (AvgIpc) is 2.22. The Balaban J connectivity index is 4.78. The van der Waals surface area contributed by atoms with Gasteiger partial charge in [0.2, 0.25) is 15.9 Å². The van der Waals surface area contributed by atoms with Crippen LogP contribution < -0.4 is 0 Å². The molecular formula is C9H12N2O3S. The molecule has 0 aliphatic carbocycles. The van der Waals surface area contributed by atoms with Crippen LogP contribution in [0.4, 0.5) is 0 Å². The first-order chi connectivity index (χ1) is 6.99. The molecule has 0 radical (unpaired) electrons. The monoisotopic (exact) mass is 228 g/mol. The predicted molar refractivity (Wildman–Crippen MR) is 54.9 cm³/mol. The number of terminal acetylenes is 1. The highest BCUT2D eigenvalue weighted by atomic mass is 32.2. The number of carbonyl (C=O) groups excluding carboxylic acids is 1. The van der Waals surface area contributed by atoms with Gasteiger partial charge in [0.15, 0.2) is 0 Å². The molecule has 0 saturated heterocycles. The zero-order valence-electron chi connectivity index (χ0n) is 8.43. The van der Waals surface area contributed by atoms with Gasteiger partial charge in [0.1, 0.15) is 6.54 Å². The third-order valence-corrected chi connectivity index (χ3v) is 3.41. The summed E-state index contributed by atoms with van der Waals surface area (Å²) < 4.78 is 23.4. The molecular weight excluding hydrogens is 216 g/mol. The van der Waals surface area contributed by atoms with E-state index in [0.717, 1.165) is 0 Å². The molecule has 0 heterocycles. The molecule has 0 N–H and O–H groups in total. The van der Waals surface area contributed by atoms with Gasteiger partial charge >= 0.3 is 0 Å². The van der Waals surface area contributed by atoms with Crippen LogP contribution in [0.2, 0.25) is 0 Å². The number of hydrogen-bond donors (Lipinski definition) is 0. The number of nitrogens with zero attached hydrogens (tertiary/aromatic N) is 2. The second-order valence-corrected chi connectivity index (χ2v) is 4.85. The molecule has 0 spiro atoms. The predicted octanol–water partition coefficient (Wildman–Crippen LogP) is 0.102. The average molecular weight is 228 g/mol. The van der Waals surface area contributed by atoms with E-state index in [0.29, 0.717) is 4.31 Å². The molecule has 0 aromatic heterocycles. The van der Waals surface area contributed by atoms with E-state index in [1.54, 1.807) is 6.07 Å². The van der Waals surface area contributed by atoms with Crippen molar-refractivity contribution in [1.29, 1.82) is 5.26 Å². The first kappa shape index (κ1) is 13.5. The van der Waals surface area contributed by atoms with Gasteiger partial charge < -0.3 is 0 Å². The Morgan fingerprint density at radius 1 is 1.53 bits per heavy atom. The van der Waals surface area contributed by atoms with E-state index in [-0.39, 0.29) is 18.6 Å². The fourth-order valence-electron chi connectivity index (χ4n) is 0.866. The van der Waals surface area contributed by atoms with Gasteiger partial charge in [-0.05, 0) is 6.92 Å². The van der Waals surface area contributed by atoms with Crippen molar-refractivity contribution in [2.75, 3.05) is 12.3 Å². The van der Waals surface area contributed by atoms with Gasteiger partial charge in [0, 0.05) is 12.8 Å². The molecule has 0 atom stereocenters. The third-order valence-electron chi connectivity index (χ3n) is 1.68. The minimum Gasteiger partial charge on any atom is -0.274 e. The van der Waals surface area contributed by atoms with Crippen LogP contribution in [0.3, 0.4) is 0 Å². The van der Waals surface area contributed by atoms with E-state index in [4.69, 9.17) is 11.7 Å². The Morgan fingerprint density at radius 2 is 2.13 bits per heavy atom. The molecule has 0 bridgehead atoms. The smallest absolute Gasteiger partial charge is 0.237 e. The van der Waals surface area contributed by atoms with Gasteiger partial charge in [0.05, 0.1) is 11.8 Å². The Hall–Kier alpha value is -1.53. The molecule has 0 rings (SSSR count). The number of sulfonamides is 1. The topological polar surface area (TPSA) is 78.2 Å². The zero-order chi connectivity index (χ0) is 11.9. The zero-order valence-corrected chi connectivity index (χ0v) is 9.25. The lowest BCUT2D eigenvalue weighted by Gasteiger charge is -2.17. The van der Waals surface area contributed by atoms with Gasteiger partial charge in [-0.25, -0.2) is 12.7 Å². The number of nitriles is 1. The van der Waals surface area contributed by atoms with Crippen molar-refractivity contribution in [2.45, 2.75) is 19.8 Å². The fraction of sp³-hybridized carbons (Fsp3) is 0.556. The standard InChI is InChI=1S/C9H12N2O3S/c1-3-5-6-9(12)11(8-7-10)15(13,14)4-2/h1H,4-6,8H2,2H3. The summed E-state index contributed by atoms with van der Waals surface area (Å²) in [5.41, 5.74) is 0.